The number of nitrogens with zero attached hydrogens (tertiary/aromatic N) is 4. The van der Waals surface area contributed by atoms with Crippen molar-refractivity contribution in [1.82, 2.24) is 20.2 Å². The number of aromatic nitrogens is 4. The summed E-state index contributed by atoms with van der Waals surface area (Å²) in [7, 11) is -3.79. The molecule has 92 valence electrons. The summed E-state index contributed by atoms with van der Waals surface area (Å²) in [5.74, 6) is 0.447. The lowest BCUT2D eigenvalue weighted by atomic mass is 10.4. The number of anilines is 1. The van der Waals surface area contributed by atoms with Crippen molar-refractivity contribution in [2.75, 3.05) is 4.72 Å². The Morgan fingerprint density at radius 2 is 2.22 bits per heavy atom. The fraction of sp³-hybridized carbons (Fsp3) is 0.111. The van der Waals surface area contributed by atoms with Gasteiger partial charge in [0.1, 0.15) is 22.5 Å². The molecule has 0 aliphatic rings. The normalized spacial score (nSPS) is 10.9. The zero-order valence-corrected chi connectivity index (χ0v) is 10.1. The average molecular weight is 264 g/mol. The summed E-state index contributed by atoms with van der Waals surface area (Å²) in [6.45, 7) is 1.65. The summed E-state index contributed by atoms with van der Waals surface area (Å²) in [6, 6.07) is 4.40. The highest BCUT2D eigenvalue weighted by Crippen LogP contribution is 2.11. The van der Waals surface area contributed by atoms with Gasteiger partial charge in [0, 0.05) is 6.20 Å². The van der Waals surface area contributed by atoms with Gasteiger partial charge in [0.2, 0.25) is 0 Å². The van der Waals surface area contributed by atoms with Crippen molar-refractivity contribution in [3.8, 4) is 6.07 Å². The second-order valence-electron chi connectivity index (χ2n) is 3.34. The molecule has 0 radical (unpaired) electrons. The Labute approximate surface area is 103 Å². The molecule has 2 aromatic rings. The van der Waals surface area contributed by atoms with Crippen molar-refractivity contribution in [2.24, 2.45) is 0 Å². The van der Waals surface area contributed by atoms with Crippen LogP contribution in [0.25, 0.3) is 0 Å². The lowest BCUT2D eigenvalue weighted by molar-refractivity contribution is 0.600. The third kappa shape index (κ3) is 2.44. The summed E-state index contributed by atoms with van der Waals surface area (Å²) in [4.78, 5) is 7.44. The molecule has 2 N–H and O–H groups in total. The van der Waals surface area contributed by atoms with Crippen LogP contribution in [0, 0.1) is 18.3 Å². The molecule has 18 heavy (non-hydrogen) atoms. The fourth-order valence-electron chi connectivity index (χ4n) is 1.17. The monoisotopic (exact) mass is 264 g/mol. The second-order valence-corrected chi connectivity index (χ2v) is 5.02. The van der Waals surface area contributed by atoms with E-state index in [0.717, 1.165) is 6.20 Å². The second kappa shape index (κ2) is 4.42. The van der Waals surface area contributed by atoms with Gasteiger partial charge in [-0.3, -0.25) is 5.10 Å². The van der Waals surface area contributed by atoms with Crippen LogP contribution in [-0.4, -0.2) is 28.6 Å². The van der Waals surface area contributed by atoms with Crippen LogP contribution >= 0.6 is 0 Å². The fourth-order valence-corrected chi connectivity index (χ4v) is 2.06. The number of pyridine rings is 1. The van der Waals surface area contributed by atoms with E-state index >= 15 is 0 Å². The van der Waals surface area contributed by atoms with Crippen LogP contribution < -0.4 is 4.72 Å². The molecule has 0 unspecified atom stereocenters. The zero-order chi connectivity index (χ0) is 13.2. The molecule has 9 heteroatoms. The van der Waals surface area contributed by atoms with Crippen molar-refractivity contribution in [1.29, 1.82) is 5.26 Å². The van der Waals surface area contributed by atoms with Crippen molar-refractivity contribution in [2.45, 2.75) is 11.8 Å². The maximum absolute atomic E-state index is 11.9. The molecule has 0 bridgehead atoms. The SMILES string of the molecule is Cc1nc(NS(=O)(=O)c2ccc(C#N)nc2)n[nH]1. The van der Waals surface area contributed by atoms with E-state index in [4.69, 9.17) is 5.26 Å². The maximum atomic E-state index is 11.9. The van der Waals surface area contributed by atoms with Crippen LogP contribution in [0.5, 0.6) is 0 Å². The standard InChI is InChI=1S/C9H8N6O2S/c1-6-12-9(14-13-6)15-18(16,17)8-3-2-7(4-10)11-5-8/h2-3,5H,1H3,(H2,12,13,14,15). The van der Waals surface area contributed by atoms with E-state index in [1.807, 2.05) is 0 Å². The van der Waals surface area contributed by atoms with Gasteiger partial charge in [-0.1, -0.05) is 0 Å². The molecule has 0 aliphatic heterocycles. The summed E-state index contributed by atoms with van der Waals surface area (Å²) >= 11 is 0. The predicted octanol–water partition coefficient (Wildman–Crippen LogP) is 0.181. The summed E-state index contributed by atoms with van der Waals surface area (Å²) in [6.07, 6.45) is 1.10. The van der Waals surface area contributed by atoms with Gasteiger partial charge in [0.05, 0.1) is 0 Å². The highest BCUT2D eigenvalue weighted by molar-refractivity contribution is 7.92. The van der Waals surface area contributed by atoms with Crippen LogP contribution in [0.3, 0.4) is 0 Å². The smallest absolute Gasteiger partial charge is 0.261 e. The van der Waals surface area contributed by atoms with E-state index in [0.29, 0.717) is 5.82 Å². The van der Waals surface area contributed by atoms with Crippen LogP contribution in [0.15, 0.2) is 23.2 Å². The van der Waals surface area contributed by atoms with Crippen LogP contribution in [0.4, 0.5) is 5.95 Å². The molecule has 0 amide bonds. The summed E-state index contributed by atoms with van der Waals surface area (Å²) in [5, 5.41) is 14.7. The summed E-state index contributed by atoms with van der Waals surface area (Å²) in [5.41, 5.74) is 0.141. The van der Waals surface area contributed by atoms with E-state index in [2.05, 4.69) is 24.9 Å². The number of nitriles is 1. The van der Waals surface area contributed by atoms with Gasteiger partial charge in [-0.05, 0) is 19.1 Å². The first kappa shape index (κ1) is 12.0. The third-order valence-corrected chi connectivity index (χ3v) is 3.30. The Balaban J connectivity index is 2.28. The Hall–Kier alpha value is -2.47. The third-order valence-electron chi connectivity index (χ3n) is 1.98. The number of nitrogens with one attached hydrogen (secondary N) is 2. The topological polar surface area (TPSA) is 124 Å². The number of aryl methyl sites for hydroxylation is 1. The molecular formula is C9H8N6O2S. The maximum Gasteiger partial charge on any atom is 0.265 e. The molecule has 0 saturated carbocycles. The van der Waals surface area contributed by atoms with Gasteiger partial charge >= 0.3 is 0 Å². The summed E-state index contributed by atoms with van der Waals surface area (Å²) < 4.78 is 26.0. The quantitative estimate of drug-likeness (QED) is 0.814. The highest BCUT2D eigenvalue weighted by atomic mass is 32.2. The number of hydrogen-bond donors (Lipinski definition) is 2. The van der Waals surface area contributed by atoms with E-state index in [9.17, 15) is 8.42 Å². The van der Waals surface area contributed by atoms with Gasteiger partial charge < -0.3 is 0 Å². The van der Waals surface area contributed by atoms with Crippen molar-refractivity contribution < 1.29 is 8.42 Å². The number of rotatable bonds is 3. The van der Waals surface area contributed by atoms with E-state index in [1.54, 1.807) is 13.0 Å². The van der Waals surface area contributed by atoms with E-state index in [1.165, 1.54) is 12.1 Å². The Kier molecular flexibility index (Phi) is 2.95. The molecule has 0 atom stereocenters. The number of H-pyrrole nitrogens is 1. The molecule has 2 rings (SSSR count). The Morgan fingerprint density at radius 1 is 1.44 bits per heavy atom. The number of aromatic amines is 1. The average Bonchev–Trinajstić information content (AvgIpc) is 2.74. The minimum Gasteiger partial charge on any atom is -0.261 e. The van der Waals surface area contributed by atoms with Gasteiger partial charge in [-0.15, -0.1) is 5.10 Å². The van der Waals surface area contributed by atoms with Gasteiger partial charge in [-0.25, -0.2) is 18.1 Å². The molecule has 0 spiro atoms. The lowest BCUT2D eigenvalue weighted by Crippen LogP contribution is -2.14. The molecule has 0 fully saturated rings. The van der Waals surface area contributed by atoms with E-state index < -0.39 is 10.0 Å². The van der Waals surface area contributed by atoms with E-state index in [-0.39, 0.29) is 16.5 Å². The van der Waals surface area contributed by atoms with Gasteiger partial charge in [0.25, 0.3) is 16.0 Å². The van der Waals surface area contributed by atoms with Crippen LogP contribution in [-0.2, 0) is 10.0 Å². The minimum absolute atomic E-state index is 0.0446. The molecule has 2 aromatic heterocycles. The zero-order valence-electron chi connectivity index (χ0n) is 9.25. The van der Waals surface area contributed by atoms with Gasteiger partial charge in [-0.2, -0.15) is 10.2 Å². The first-order valence-electron chi connectivity index (χ1n) is 4.79. The molecule has 0 aromatic carbocycles. The Bertz CT molecular complexity index is 697. The first-order valence-corrected chi connectivity index (χ1v) is 6.27. The van der Waals surface area contributed by atoms with Crippen LogP contribution in [0.2, 0.25) is 0 Å². The predicted molar refractivity (Wildman–Crippen MR) is 60.9 cm³/mol. The highest BCUT2D eigenvalue weighted by Gasteiger charge is 2.16. The number of hydrogen-bond acceptors (Lipinski definition) is 6. The largest absolute Gasteiger partial charge is 0.265 e. The first-order chi connectivity index (χ1) is 8.51. The molecule has 0 saturated heterocycles. The minimum atomic E-state index is -3.79. The van der Waals surface area contributed by atoms with Crippen molar-refractivity contribution in [3.05, 3.63) is 29.8 Å². The molecule has 8 nitrogen and oxygen atoms in total. The van der Waals surface area contributed by atoms with Crippen molar-refractivity contribution in [3.63, 3.8) is 0 Å². The van der Waals surface area contributed by atoms with Gasteiger partial charge in [0.15, 0.2) is 0 Å². The molecule has 2 heterocycles. The number of sulfonamides is 1. The molecule has 0 aliphatic carbocycles. The van der Waals surface area contributed by atoms with Crippen molar-refractivity contribution >= 4 is 16.0 Å². The lowest BCUT2D eigenvalue weighted by Gasteiger charge is -2.03. The Morgan fingerprint density at radius 3 is 2.72 bits per heavy atom. The van der Waals surface area contributed by atoms with Crippen LogP contribution in [0.1, 0.15) is 11.5 Å². The molecular weight excluding hydrogens is 256 g/mol.